The molecule has 1 saturated carbocycles. The van der Waals surface area contributed by atoms with E-state index in [-0.39, 0.29) is 5.91 Å². The van der Waals surface area contributed by atoms with Gasteiger partial charge < -0.3 is 9.80 Å². The highest BCUT2D eigenvalue weighted by molar-refractivity contribution is 6.00. The van der Waals surface area contributed by atoms with Crippen LogP contribution in [0.5, 0.6) is 0 Å². The quantitative estimate of drug-likeness (QED) is 0.580. The second-order valence-electron chi connectivity index (χ2n) is 9.52. The molecule has 3 rings (SSSR count). The Morgan fingerprint density at radius 3 is 2.33 bits per heavy atom. The van der Waals surface area contributed by atoms with Gasteiger partial charge in [-0.3, -0.25) is 9.69 Å². The molecule has 0 N–H and O–H groups in total. The molecule has 166 valence electrons. The van der Waals surface area contributed by atoms with E-state index in [0.717, 1.165) is 31.7 Å². The number of allylic oxidation sites excluding steroid dienone is 1. The highest BCUT2D eigenvalue weighted by Crippen LogP contribution is 2.43. The van der Waals surface area contributed by atoms with Crippen LogP contribution in [0.2, 0.25) is 0 Å². The van der Waals surface area contributed by atoms with Crippen LogP contribution >= 0.6 is 0 Å². The third-order valence-electron chi connectivity index (χ3n) is 7.08. The number of carbonyl (C=O) groups excluding carboxylic acids is 1. The zero-order valence-corrected chi connectivity index (χ0v) is 19.6. The third kappa shape index (κ3) is 5.26. The van der Waals surface area contributed by atoms with Gasteiger partial charge in [-0.15, -0.1) is 0 Å². The molecule has 1 aliphatic carbocycles. The molecule has 1 aliphatic heterocycles. The van der Waals surface area contributed by atoms with Crippen LogP contribution < -0.4 is 4.90 Å². The summed E-state index contributed by atoms with van der Waals surface area (Å²) in [5.74, 6) is 1.33. The van der Waals surface area contributed by atoms with Gasteiger partial charge in [-0.1, -0.05) is 37.6 Å². The minimum Gasteiger partial charge on any atom is -0.368 e. The molecule has 0 aromatic heterocycles. The Kier molecular flexibility index (Phi) is 7.99. The summed E-state index contributed by atoms with van der Waals surface area (Å²) in [6, 6.07) is 6.42. The lowest BCUT2D eigenvalue weighted by atomic mass is 9.75. The zero-order chi connectivity index (χ0) is 21.7. The molecular weight excluding hydrogens is 370 g/mol. The van der Waals surface area contributed by atoms with Crippen LogP contribution in [0.1, 0.15) is 74.2 Å². The van der Waals surface area contributed by atoms with Crippen molar-refractivity contribution in [2.45, 2.75) is 58.3 Å². The van der Waals surface area contributed by atoms with Crippen molar-refractivity contribution in [1.82, 2.24) is 9.80 Å². The lowest BCUT2D eigenvalue weighted by Gasteiger charge is -2.39. The molecule has 2 aliphatic rings. The smallest absolute Gasteiger partial charge is 0.255 e. The highest BCUT2D eigenvalue weighted by Gasteiger charge is 2.30. The Bertz CT molecular complexity index is 726. The molecule has 4 heteroatoms. The average Bonchev–Trinajstić information content (AvgIpc) is 2.77. The van der Waals surface area contributed by atoms with Crippen LogP contribution in [0.4, 0.5) is 5.69 Å². The number of nitrogens with zero attached hydrogens (tertiary/aromatic N) is 3. The van der Waals surface area contributed by atoms with E-state index in [1.165, 1.54) is 61.9 Å². The second-order valence-corrected chi connectivity index (χ2v) is 9.52. The fraction of sp³-hybridized carbons (Fsp3) is 0.654. The first-order chi connectivity index (χ1) is 14.4. The molecule has 1 aromatic carbocycles. The standard InChI is InChI=1S/C26H41N3O/c1-6-7-15-28-16-18-29(19-17-28)25-23(9-8-10-24(25)26(30)27(4)5)22-13-11-21(12-14-22)20(2)3/h8-10,21-22H,2,6-7,11-19H2,1,3-5H3. The lowest BCUT2D eigenvalue weighted by Crippen LogP contribution is -2.47. The molecule has 0 atom stereocenters. The van der Waals surface area contributed by atoms with E-state index in [2.05, 4.69) is 42.4 Å². The number of benzene rings is 1. The molecule has 1 amide bonds. The second kappa shape index (κ2) is 10.5. The van der Waals surface area contributed by atoms with Crippen LogP contribution in [-0.2, 0) is 0 Å². The van der Waals surface area contributed by atoms with Gasteiger partial charge in [0.1, 0.15) is 0 Å². The number of carbonyl (C=O) groups is 1. The molecule has 30 heavy (non-hydrogen) atoms. The maximum atomic E-state index is 13.1. The summed E-state index contributed by atoms with van der Waals surface area (Å²) in [4.78, 5) is 19.9. The van der Waals surface area contributed by atoms with Crippen molar-refractivity contribution in [2.75, 3.05) is 51.7 Å². The zero-order valence-electron chi connectivity index (χ0n) is 19.6. The number of para-hydroxylation sites is 1. The predicted molar refractivity (Wildman–Crippen MR) is 128 cm³/mol. The Balaban J connectivity index is 1.86. The highest BCUT2D eigenvalue weighted by atomic mass is 16.2. The number of anilines is 1. The Labute approximate surface area is 183 Å². The van der Waals surface area contributed by atoms with Crippen molar-refractivity contribution in [3.05, 3.63) is 41.5 Å². The van der Waals surface area contributed by atoms with Crippen molar-refractivity contribution in [2.24, 2.45) is 5.92 Å². The van der Waals surface area contributed by atoms with Crippen molar-refractivity contribution in [1.29, 1.82) is 0 Å². The number of hydrogen-bond donors (Lipinski definition) is 0. The first-order valence-electron chi connectivity index (χ1n) is 11.9. The average molecular weight is 412 g/mol. The van der Waals surface area contributed by atoms with Gasteiger partial charge in [-0.2, -0.15) is 0 Å². The normalized spacial score (nSPS) is 22.7. The Morgan fingerprint density at radius 1 is 1.10 bits per heavy atom. The summed E-state index contributed by atoms with van der Waals surface area (Å²) in [6.45, 7) is 14.0. The molecule has 4 nitrogen and oxygen atoms in total. The monoisotopic (exact) mass is 411 g/mol. The number of piperazine rings is 1. The Morgan fingerprint density at radius 2 is 1.77 bits per heavy atom. The van der Waals surface area contributed by atoms with Crippen LogP contribution in [0, 0.1) is 5.92 Å². The first-order valence-corrected chi connectivity index (χ1v) is 11.9. The molecule has 0 spiro atoms. The van der Waals surface area contributed by atoms with Gasteiger partial charge in [-0.05, 0) is 69.0 Å². The van der Waals surface area contributed by atoms with E-state index in [9.17, 15) is 4.79 Å². The fourth-order valence-electron chi connectivity index (χ4n) is 5.13. The van der Waals surface area contributed by atoms with E-state index in [0.29, 0.717) is 11.8 Å². The molecule has 1 heterocycles. The molecule has 2 fully saturated rings. The summed E-state index contributed by atoms with van der Waals surface area (Å²) in [5, 5.41) is 0. The van der Waals surface area contributed by atoms with Crippen molar-refractivity contribution >= 4 is 11.6 Å². The minimum atomic E-state index is 0.121. The summed E-state index contributed by atoms with van der Waals surface area (Å²) in [7, 11) is 3.72. The third-order valence-corrected chi connectivity index (χ3v) is 7.08. The molecule has 1 saturated heterocycles. The molecule has 0 radical (unpaired) electrons. The number of hydrogen-bond acceptors (Lipinski definition) is 3. The number of rotatable bonds is 7. The van der Waals surface area contributed by atoms with E-state index in [4.69, 9.17) is 0 Å². The van der Waals surface area contributed by atoms with Gasteiger partial charge >= 0.3 is 0 Å². The van der Waals surface area contributed by atoms with E-state index < -0.39 is 0 Å². The first kappa shape index (κ1) is 22.9. The van der Waals surface area contributed by atoms with Gasteiger partial charge in [0.25, 0.3) is 5.91 Å². The van der Waals surface area contributed by atoms with Crippen LogP contribution in [0.15, 0.2) is 30.4 Å². The van der Waals surface area contributed by atoms with Gasteiger partial charge in [0.2, 0.25) is 0 Å². The summed E-state index contributed by atoms with van der Waals surface area (Å²) < 4.78 is 0. The van der Waals surface area contributed by atoms with E-state index in [1.54, 1.807) is 4.90 Å². The summed E-state index contributed by atoms with van der Waals surface area (Å²) in [5.41, 5.74) is 4.81. The van der Waals surface area contributed by atoms with Crippen LogP contribution in [0.3, 0.4) is 0 Å². The van der Waals surface area contributed by atoms with Gasteiger partial charge in [0, 0.05) is 40.3 Å². The van der Waals surface area contributed by atoms with Gasteiger partial charge in [0.05, 0.1) is 11.3 Å². The lowest BCUT2D eigenvalue weighted by molar-refractivity contribution is 0.0828. The van der Waals surface area contributed by atoms with Gasteiger partial charge in [-0.25, -0.2) is 0 Å². The van der Waals surface area contributed by atoms with Gasteiger partial charge in [0.15, 0.2) is 0 Å². The van der Waals surface area contributed by atoms with Crippen molar-refractivity contribution < 1.29 is 4.79 Å². The topological polar surface area (TPSA) is 26.8 Å². The van der Waals surface area contributed by atoms with E-state index in [1.807, 2.05) is 20.2 Å². The van der Waals surface area contributed by atoms with Crippen molar-refractivity contribution in [3.63, 3.8) is 0 Å². The summed E-state index contributed by atoms with van der Waals surface area (Å²) >= 11 is 0. The number of unbranched alkanes of at least 4 members (excludes halogenated alkanes) is 1. The van der Waals surface area contributed by atoms with Crippen LogP contribution in [0.25, 0.3) is 0 Å². The van der Waals surface area contributed by atoms with E-state index >= 15 is 0 Å². The summed E-state index contributed by atoms with van der Waals surface area (Å²) in [6.07, 6.45) is 7.34. The molecule has 1 aromatic rings. The predicted octanol–water partition coefficient (Wildman–Crippen LogP) is 5.16. The fourth-order valence-corrected chi connectivity index (χ4v) is 5.13. The maximum absolute atomic E-state index is 13.1. The SMILES string of the molecule is C=C(C)C1CCC(c2cccc(C(=O)N(C)C)c2N2CCN(CCCC)CC2)CC1. The molecule has 0 bridgehead atoms. The van der Waals surface area contributed by atoms with Crippen molar-refractivity contribution in [3.8, 4) is 0 Å². The molecular formula is C26H41N3O. The number of amides is 1. The maximum Gasteiger partial charge on any atom is 0.255 e. The largest absolute Gasteiger partial charge is 0.368 e. The van der Waals surface area contributed by atoms with Crippen LogP contribution in [-0.4, -0.2) is 62.5 Å². The minimum absolute atomic E-state index is 0.121. The Hall–Kier alpha value is -1.81. The molecule has 0 unspecified atom stereocenters.